The first kappa shape index (κ1) is 6.88. The molecule has 0 aromatic carbocycles. The highest BCUT2D eigenvalue weighted by Gasteiger charge is 1.99. The van der Waals surface area contributed by atoms with Crippen molar-refractivity contribution in [2.45, 2.75) is 0 Å². The number of nitrogens with one attached hydrogen (secondary N) is 1. The molecule has 4 nitrogen and oxygen atoms in total. The Balaban J connectivity index is 2.56. The van der Waals surface area contributed by atoms with E-state index in [-0.39, 0.29) is 6.29 Å². The maximum Gasteiger partial charge on any atom is 0.290 e. The topological polar surface area (TPSA) is 59.1 Å². The molecular formula is C5H4N2O2S. The summed E-state index contributed by atoms with van der Waals surface area (Å²) < 4.78 is 0. The van der Waals surface area contributed by atoms with E-state index in [4.69, 9.17) is 0 Å². The Hall–Kier alpha value is -1.23. The van der Waals surface area contributed by atoms with Crippen LogP contribution in [0.1, 0.15) is 0 Å². The van der Waals surface area contributed by atoms with Crippen LogP contribution in [0.4, 0.5) is 5.13 Å². The second-order valence-electron chi connectivity index (χ2n) is 1.44. The van der Waals surface area contributed by atoms with E-state index in [1.54, 1.807) is 11.6 Å². The molecule has 1 amide bonds. The van der Waals surface area contributed by atoms with Crippen LogP contribution >= 0.6 is 11.3 Å². The number of amides is 1. The second kappa shape index (κ2) is 3.07. The SMILES string of the molecule is O=CC(=O)Nc1nccs1. The molecule has 10 heavy (non-hydrogen) atoms. The van der Waals surface area contributed by atoms with Gasteiger partial charge in [-0.3, -0.25) is 14.9 Å². The molecule has 1 heterocycles. The predicted molar refractivity (Wildman–Crippen MR) is 36.8 cm³/mol. The summed E-state index contributed by atoms with van der Waals surface area (Å²) in [4.78, 5) is 23.9. The van der Waals surface area contributed by atoms with E-state index in [1.807, 2.05) is 0 Å². The van der Waals surface area contributed by atoms with Crippen molar-refractivity contribution in [3.05, 3.63) is 11.6 Å². The molecule has 1 aromatic heterocycles. The molecular weight excluding hydrogens is 152 g/mol. The van der Waals surface area contributed by atoms with Gasteiger partial charge in [-0.1, -0.05) is 0 Å². The van der Waals surface area contributed by atoms with Crippen molar-refractivity contribution in [1.29, 1.82) is 0 Å². The molecule has 0 spiro atoms. The first-order valence-electron chi connectivity index (χ1n) is 2.48. The average Bonchev–Trinajstić information content (AvgIpc) is 2.40. The van der Waals surface area contributed by atoms with Gasteiger partial charge in [-0.25, -0.2) is 4.98 Å². The van der Waals surface area contributed by atoms with Crippen molar-refractivity contribution < 1.29 is 9.59 Å². The van der Waals surface area contributed by atoms with Crippen molar-refractivity contribution in [3.8, 4) is 0 Å². The lowest BCUT2D eigenvalue weighted by molar-refractivity contribution is -0.127. The average molecular weight is 156 g/mol. The molecule has 0 fully saturated rings. The van der Waals surface area contributed by atoms with Crippen molar-refractivity contribution in [2.24, 2.45) is 0 Å². The summed E-state index contributed by atoms with van der Waals surface area (Å²) in [5.74, 6) is -0.671. The molecule has 0 saturated heterocycles. The van der Waals surface area contributed by atoms with Gasteiger partial charge in [0, 0.05) is 11.6 Å². The number of aromatic nitrogens is 1. The van der Waals surface area contributed by atoms with Gasteiger partial charge < -0.3 is 0 Å². The second-order valence-corrected chi connectivity index (χ2v) is 2.34. The predicted octanol–water partition coefficient (Wildman–Crippen LogP) is 0.280. The van der Waals surface area contributed by atoms with Crippen LogP contribution in [0.3, 0.4) is 0 Å². The zero-order valence-corrected chi connectivity index (χ0v) is 5.72. The van der Waals surface area contributed by atoms with Crippen LogP contribution in [0.2, 0.25) is 0 Å². The molecule has 1 rings (SSSR count). The number of carbonyl (C=O) groups is 2. The minimum absolute atomic E-state index is 0.210. The molecule has 1 N–H and O–H groups in total. The van der Waals surface area contributed by atoms with Gasteiger partial charge in [0.15, 0.2) is 5.13 Å². The van der Waals surface area contributed by atoms with Crippen molar-refractivity contribution in [1.82, 2.24) is 4.98 Å². The monoisotopic (exact) mass is 156 g/mol. The highest BCUT2D eigenvalue weighted by atomic mass is 32.1. The Labute approximate surface area is 60.9 Å². The number of hydrogen-bond acceptors (Lipinski definition) is 4. The maximum absolute atomic E-state index is 10.4. The van der Waals surface area contributed by atoms with E-state index in [0.29, 0.717) is 5.13 Å². The van der Waals surface area contributed by atoms with Gasteiger partial charge in [0.25, 0.3) is 5.91 Å². The summed E-state index contributed by atoms with van der Waals surface area (Å²) in [5.41, 5.74) is 0. The Morgan fingerprint density at radius 2 is 2.60 bits per heavy atom. The highest BCUT2D eigenvalue weighted by molar-refractivity contribution is 7.13. The van der Waals surface area contributed by atoms with Crippen LogP contribution in [0, 0.1) is 0 Å². The number of carbonyl (C=O) groups excluding carboxylic acids is 2. The molecule has 0 aliphatic rings. The molecule has 0 atom stereocenters. The number of thiazole rings is 1. The normalized spacial score (nSPS) is 8.80. The summed E-state index contributed by atoms with van der Waals surface area (Å²) in [6.07, 6.45) is 1.76. The zero-order valence-electron chi connectivity index (χ0n) is 4.90. The van der Waals surface area contributed by atoms with Gasteiger partial charge in [-0.15, -0.1) is 11.3 Å². The molecule has 0 aliphatic carbocycles. The summed E-state index contributed by atoms with van der Waals surface area (Å²) in [6.45, 7) is 0. The largest absolute Gasteiger partial charge is 0.296 e. The Morgan fingerprint density at radius 1 is 1.80 bits per heavy atom. The van der Waals surface area contributed by atoms with Crippen LogP contribution in [0.25, 0.3) is 0 Å². The molecule has 1 aromatic rings. The number of nitrogens with zero attached hydrogens (tertiary/aromatic N) is 1. The highest BCUT2D eigenvalue weighted by Crippen LogP contribution is 2.08. The van der Waals surface area contributed by atoms with E-state index in [0.717, 1.165) is 0 Å². The molecule has 5 heteroatoms. The fourth-order valence-electron chi connectivity index (χ4n) is 0.420. The number of aldehydes is 1. The van der Waals surface area contributed by atoms with Gasteiger partial charge in [0.1, 0.15) is 0 Å². The number of rotatable bonds is 2. The van der Waals surface area contributed by atoms with Crippen LogP contribution in [0.15, 0.2) is 11.6 Å². The van der Waals surface area contributed by atoms with Gasteiger partial charge in [0.2, 0.25) is 6.29 Å². The van der Waals surface area contributed by atoms with Gasteiger partial charge >= 0.3 is 0 Å². The summed E-state index contributed by atoms with van der Waals surface area (Å²) in [5, 5.41) is 4.42. The van der Waals surface area contributed by atoms with Crippen LogP contribution < -0.4 is 5.32 Å². The van der Waals surface area contributed by atoms with Gasteiger partial charge in [-0.05, 0) is 0 Å². The zero-order chi connectivity index (χ0) is 7.40. The third kappa shape index (κ3) is 1.63. The lowest BCUT2D eigenvalue weighted by atomic mass is 10.7. The van der Waals surface area contributed by atoms with E-state index >= 15 is 0 Å². The van der Waals surface area contributed by atoms with Crippen molar-refractivity contribution in [2.75, 3.05) is 5.32 Å². The number of anilines is 1. The van der Waals surface area contributed by atoms with Crippen LogP contribution in [0.5, 0.6) is 0 Å². The van der Waals surface area contributed by atoms with E-state index in [1.165, 1.54) is 11.3 Å². The van der Waals surface area contributed by atoms with Crippen molar-refractivity contribution >= 4 is 28.7 Å². The van der Waals surface area contributed by atoms with Crippen molar-refractivity contribution in [3.63, 3.8) is 0 Å². The van der Waals surface area contributed by atoms with Crippen LogP contribution in [-0.4, -0.2) is 17.2 Å². The fraction of sp³-hybridized carbons (Fsp3) is 0. The molecule has 52 valence electrons. The van der Waals surface area contributed by atoms with Crippen LogP contribution in [-0.2, 0) is 9.59 Å². The first-order valence-corrected chi connectivity index (χ1v) is 3.36. The van der Waals surface area contributed by atoms with E-state index in [2.05, 4.69) is 10.3 Å². The third-order valence-electron chi connectivity index (χ3n) is 0.769. The van der Waals surface area contributed by atoms with E-state index in [9.17, 15) is 9.59 Å². The summed E-state index contributed by atoms with van der Waals surface area (Å²) in [7, 11) is 0. The number of hydrogen-bond donors (Lipinski definition) is 1. The molecule has 0 radical (unpaired) electrons. The molecule has 0 unspecified atom stereocenters. The smallest absolute Gasteiger partial charge is 0.290 e. The maximum atomic E-state index is 10.4. The fourth-order valence-corrected chi connectivity index (χ4v) is 0.952. The lowest BCUT2D eigenvalue weighted by Gasteiger charge is -1.89. The lowest BCUT2D eigenvalue weighted by Crippen LogP contribution is -2.11. The molecule has 0 aliphatic heterocycles. The Bertz CT molecular complexity index is 232. The van der Waals surface area contributed by atoms with E-state index < -0.39 is 5.91 Å². The standard InChI is InChI=1S/C5H4N2O2S/c8-3-4(9)7-5-6-1-2-10-5/h1-3H,(H,6,7,9). The van der Waals surface area contributed by atoms with Gasteiger partial charge in [-0.2, -0.15) is 0 Å². The third-order valence-corrected chi connectivity index (χ3v) is 1.46. The quantitative estimate of drug-likeness (QED) is 0.494. The summed E-state index contributed by atoms with van der Waals surface area (Å²) >= 11 is 1.26. The summed E-state index contributed by atoms with van der Waals surface area (Å²) in [6, 6.07) is 0. The first-order chi connectivity index (χ1) is 4.83. The molecule has 0 saturated carbocycles. The minimum atomic E-state index is -0.671. The minimum Gasteiger partial charge on any atom is -0.296 e. The van der Waals surface area contributed by atoms with Gasteiger partial charge in [0.05, 0.1) is 0 Å². The Kier molecular flexibility index (Phi) is 2.11. The molecule has 0 bridgehead atoms. The Morgan fingerprint density at radius 3 is 3.10 bits per heavy atom.